The molecular weight excluding hydrogens is 204 g/mol. The second kappa shape index (κ2) is 5.18. The summed E-state index contributed by atoms with van der Waals surface area (Å²) in [5, 5.41) is 9.25. The van der Waals surface area contributed by atoms with Crippen molar-refractivity contribution in [3.8, 4) is 5.75 Å². The molecule has 0 spiro atoms. The maximum absolute atomic E-state index is 9.25. The SMILES string of the molecule is Nc1cc(O)ccc1CCN1CCOCC1. The number of phenolic OH excluding ortho intramolecular Hbond substituents is 1. The molecule has 3 N–H and O–H groups in total. The van der Waals surface area contributed by atoms with Gasteiger partial charge in [-0.05, 0) is 18.1 Å². The molecule has 1 heterocycles. The summed E-state index contributed by atoms with van der Waals surface area (Å²) in [6.45, 7) is 4.64. The first-order valence-corrected chi connectivity index (χ1v) is 5.63. The van der Waals surface area contributed by atoms with Gasteiger partial charge in [-0.2, -0.15) is 0 Å². The zero-order chi connectivity index (χ0) is 11.4. The van der Waals surface area contributed by atoms with Gasteiger partial charge in [-0.15, -0.1) is 0 Å². The maximum Gasteiger partial charge on any atom is 0.117 e. The molecular formula is C12H18N2O2. The van der Waals surface area contributed by atoms with E-state index < -0.39 is 0 Å². The fourth-order valence-electron chi connectivity index (χ4n) is 1.91. The number of nitrogens with two attached hydrogens (primary N) is 1. The number of hydrogen-bond acceptors (Lipinski definition) is 4. The largest absolute Gasteiger partial charge is 0.508 e. The van der Waals surface area contributed by atoms with Crippen molar-refractivity contribution in [2.45, 2.75) is 6.42 Å². The highest BCUT2D eigenvalue weighted by Crippen LogP contribution is 2.19. The Labute approximate surface area is 95.6 Å². The number of ether oxygens (including phenoxy) is 1. The van der Waals surface area contributed by atoms with Crippen molar-refractivity contribution in [3.63, 3.8) is 0 Å². The van der Waals surface area contributed by atoms with Crippen molar-refractivity contribution in [1.82, 2.24) is 4.90 Å². The number of nitrogen functional groups attached to an aromatic ring is 1. The van der Waals surface area contributed by atoms with Crippen LogP contribution in [0.3, 0.4) is 0 Å². The molecule has 1 fully saturated rings. The highest BCUT2D eigenvalue weighted by Gasteiger charge is 2.10. The molecule has 0 bridgehead atoms. The van der Waals surface area contributed by atoms with Gasteiger partial charge in [0.05, 0.1) is 13.2 Å². The number of aromatic hydroxyl groups is 1. The van der Waals surface area contributed by atoms with Crippen molar-refractivity contribution in [1.29, 1.82) is 0 Å². The van der Waals surface area contributed by atoms with Gasteiger partial charge in [0.15, 0.2) is 0 Å². The topological polar surface area (TPSA) is 58.7 Å². The number of morpholine rings is 1. The van der Waals surface area contributed by atoms with Gasteiger partial charge < -0.3 is 15.6 Å². The summed E-state index contributed by atoms with van der Waals surface area (Å²) in [5.74, 6) is 0.229. The van der Waals surface area contributed by atoms with Crippen molar-refractivity contribution < 1.29 is 9.84 Å². The molecule has 0 aliphatic carbocycles. The van der Waals surface area contributed by atoms with Gasteiger partial charge in [-0.25, -0.2) is 0 Å². The van der Waals surface area contributed by atoms with Gasteiger partial charge in [0.1, 0.15) is 5.75 Å². The van der Waals surface area contributed by atoms with Crippen LogP contribution >= 0.6 is 0 Å². The second-order valence-electron chi connectivity index (χ2n) is 4.09. The summed E-state index contributed by atoms with van der Waals surface area (Å²) in [4.78, 5) is 2.37. The van der Waals surface area contributed by atoms with Crippen LogP contribution in [0.25, 0.3) is 0 Å². The van der Waals surface area contributed by atoms with Crippen LogP contribution in [0.1, 0.15) is 5.56 Å². The molecule has 0 saturated carbocycles. The minimum absolute atomic E-state index is 0.229. The Bertz CT molecular complexity index is 349. The molecule has 0 amide bonds. The van der Waals surface area contributed by atoms with E-state index in [1.54, 1.807) is 12.1 Å². The molecule has 16 heavy (non-hydrogen) atoms. The zero-order valence-corrected chi connectivity index (χ0v) is 9.35. The molecule has 0 atom stereocenters. The predicted octanol–water partition coefficient (Wildman–Crippen LogP) is 0.849. The fourth-order valence-corrected chi connectivity index (χ4v) is 1.91. The van der Waals surface area contributed by atoms with Crippen LogP contribution in [0.15, 0.2) is 18.2 Å². The number of benzene rings is 1. The van der Waals surface area contributed by atoms with Crippen LogP contribution in [0.2, 0.25) is 0 Å². The lowest BCUT2D eigenvalue weighted by Gasteiger charge is -2.26. The molecule has 2 rings (SSSR count). The minimum Gasteiger partial charge on any atom is -0.508 e. The summed E-state index contributed by atoms with van der Waals surface area (Å²) < 4.78 is 5.29. The van der Waals surface area contributed by atoms with Gasteiger partial charge in [-0.3, -0.25) is 4.90 Å². The number of hydrogen-bond donors (Lipinski definition) is 2. The summed E-state index contributed by atoms with van der Waals surface area (Å²) in [7, 11) is 0. The fraction of sp³-hybridized carbons (Fsp3) is 0.500. The smallest absolute Gasteiger partial charge is 0.117 e. The zero-order valence-electron chi connectivity index (χ0n) is 9.35. The molecule has 4 heteroatoms. The summed E-state index contributed by atoms with van der Waals surface area (Å²) in [5.41, 5.74) is 7.61. The molecule has 4 nitrogen and oxygen atoms in total. The lowest BCUT2D eigenvalue weighted by Crippen LogP contribution is -2.37. The van der Waals surface area contributed by atoms with Crippen LogP contribution in [0.5, 0.6) is 5.75 Å². The second-order valence-corrected chi connectivity index (χ2v) is 4.09. The van der Waals surface area contributed by atoms with Crippen molar-refractivity contribution >= 4 is 5.69 Å². The Morgan fingerprint density at radius 1 is 1.31 bits per heavy atom. The molecule has 1 aromatic rings. The number of nitrogens with zero attached hydrogens (tertiary/aromatic N) is 1. The Hall–Kier alpha value is -1.26. The summed E-state index contributed by atoms with van der Waals surface area (Å²) >= 11 is 0. The first-order chi connectivity index (χ1) is 7.75. The van der Waals surface area contributed by atoms with E-state index in [9.17, 15) is 5.11 Å². The number of rotatable bonds is 3. The van der Waals surface area contributed by atoms with Crippen LogP contribution in [0.4, 0.5) is 5.69 Å². The molecule has 1 aromatic carbocycles. The van der Waals surface area contributed by atoms with E-state index in [2.05, 4.69) is 4.90 Å². The molecule has 0 unspecified atom stereocenters. The Kier molecular flexibility index (Phi) is 3.64. The van der Waals surface area contributed by atoms with E-state index in [-0.39, 0.29) is 5.75 Å². The molecule has 88 valence electrons. The molecule has 0 radical (unpaired) electrons. The van der Waals surface area contributed by atoms with Gasteiger partial charge in [-0.1, -0.05) is 6.07 Å². The maximum atomic E-state index is 9.25. The Morgan fingerprint density at radius 2 is 2.06 bits per heavy atom. The van der Waals surface area contributed by atoms with E-state index in [1.165, 1.54) is 0 Å². The van der Waals surface area contributed by atoms with E-state index in [4.69, 9.17) is 10.5 Å². The average Bonchev–Trinajstić information content (AvgIpc) is 2.29. The third-order valence-corrected chi connectivity index (χ3v) is 2.93. The van der Waals surface area contributed by atoms with Gasteiger partial charge in [0.25, 0.3) is 0 Å². The lowest BCUT2D eigenvalue weighted by atomic mass is 10.1. The van der Waals surface area contributed by atoms with Crippen molar-refractivity contribution in [2.75, 3.05) is 38.6 Å². The average molecular weight is 222 g/mol. The van der Waals surface area contributed by atoms with E-state index in [1.807, 2.05) is 6.07 Å². The number of phenols is 1. The van der Waals surface area contributed by atoms with Crippen LogP contribution in [-0.4, -0.2) is 42.9 Å². The lowest BCUT2D eigenvalue weighted by molar-refractivity contribution is 0.0384. The Balaban J connectivity index is 1.88. The minimum atomic E-state index is 0.229. The first kappa shape index (κ1) is 11.2. The van der Waals surface area contributed by atoms with Crippen molar-refractivity contribution in [2.24, 2.45) is 0 Å². The van der Waals surface area contributed by atoms with E-state index >= 15 is 0 Å². The molecule has 0 aromatic heterocycles. The molecule has 1 saturated heterocycles. The first-order valence-electron chi connectivity index (χ1n) is 5.63. The number of anilines is 1. The quantitative estimate of drug-likeness (QED) is 0.744. The monoisotopic (exact) mass is 222 g/mol. The van der Waals surface area contributed by atoms with Gasteiger partial charge in [0, 0.05) is 31.4 Å². The van der Waals surface area contributed by atoms with Gasteiger partial charge >= 0.3 is 0 Å². The molecule has 1 aliphatic rings. The third kappa shape index (κ3) is 2.87. The third-order valence-electron chi connectivity index (χ3n) is 2.93. The van der Waals surface area contributed by atoms with Crippen LogP contribution < -0.4 is 5.73 Å². The van der Waals surface area contributed by atoms with Gasteiger partial charge in [0.2, 0.25) is 0 Å². The standard InChI is InChI=1S/C12H18N2O2/c13-12-9-11(15)2-1-10(12)3-4-14-5-7-16-8-6-14/h1-2,9,15H,3-8,13H2. The van der Waals surface area contributed by atoms with Crippen molar-refractivity contribution in [3.05, 3.63) is 23.8 Å². The predicted molar refractivity (Wildman–Crippen MR) is 63.5 cm³/mol. The summed E-state index contributed by atoms with van der Waals surface area (Å²) in [6.07, 6.45) is 0.923. The Morgan fingerprint density at radius 3 is 2.75 bits per heavy atom. The van der Waals surface area contributed by atoms with E-state index in [0.29, 0.717) is 5.69 Å². The van der Waals surface area contributed by atoms with Crippen LogP contribution in [0, 0.1) is 0 Å². The normalized spacial score (nSPS) is 17.5. The summed E-state index contributed by atoms with van der Waals surface area (Å²) in [6, 6.07) is 5.19. The van der Waals surface area contributed by atoms with E-state index in [0.717, 1.165) is 44.8 Å². The van der Waals surface area contributed by atoms with Crippen LogP contribution in [-0.2, 0) is 11.2 Å². The highest BCUT2D eigenvalue weighted by molar-refractivity contribution is 5.51. The molecule has 1 aliphatic heterocycles. The highest BCUT2D eigenvalue weighted by atomic mass is 16.5.